The summed E-state index contributed by atoms with van der Waals surface area (Å²) in [5.41, 5.74) is 2.22. The van der Waals surface area contributed by atoms with Gasteiger partial charge in [-0.1, -0.05) is 48.9 Å². The molecule has 1 aliphatic heterocycles. The molecule has 1 fully saturated rings. The number of phenols is 1. The summed E-state index contributed by atoms with van der Waals surface area (Å²) >= 11 is 6.12. The number of nitrogens with zero attached hydrogens (tertiary/aromatic N) is 1. The molecule has 150 valence electrons. The van der Waals surface area contributed by atoms with Crippen LogP contribution in [0, 0.1) is 0 Å². The first-order valence-electron chi connectivity index (χ1n) is 9.69. The molecule has 1 aliphatic rings. The van der Waals surface area contributed by atoms with Crippen LogP contribution < -0.4 is 10.1 Å². The first kappa shape index (κ1) is 20.5. The lowest BCUT2D eigenvalue weighted by molar-refractivity contribution is 0.0903. The van der Waals surface area contributed by atoms with E-state index in [0.29, 0.717) is 12.2 Å². The van der Waals surface area contributed by atoms with E-state index in [2.05, 4.69) is 34.5 Å². The van der Waals surface area contributed by atoms with Gasteiger partial charge in [-0.15, -0.1) is 0 Å². The molecule has 1 heterocycles. The maximum Gasteiger partial charge on any atom is 0.259 e. The van der Waals surface area contributed by atoms with E-state index in [9.17, 15) is 9.90 Å². The number of aromatic hydroxyl groups is 1. The summed E-state index contributed by atoms with van der Waals surface area (Å²) in [5.74, 6) is -0.175. The van der Waals surface area contributed by atoms with Gasteiger partial charge in [0.2, 0.25) is 0 Å². The first-order valence-corrected chi connectivity index (χ1v) is 10.1. The second-order valence-electron chi connectivity index (χ2n) is 7.14. The molecular weight excluding hydrogens is 376 g/mol. The topological polar surface area (TPSA) is 61.8 Å². The number of amides is 1. The van der Waals surface area contributed by atoms with Gasteiger partial charge in [0.25, 0.3) is 5.91 Å². The second kappa shape index (κ2) is 9.30. The summed E-state index contributed by atoms with van der Waals surface area (Å²) < 4.78 is 5.41. The summed E-state index contributed by atoms with van der Waals surface area (Å²) in [5, 5.41) is 13.6. The van der Waals surface area contributed by atoms with Gasteiger partial charge in [0.1, 0.15) is 11.3 Å². The van der Waals surface area contributed by atoms with Gasteiger partial charge in [-0.25, -0.2) is 0 Å². The maximum atomic E-state index is 12.9. The molecule has 0 saturated carbocycles. The van der Waals surface area contributed by atoms with Gasteiger partial charge in [0.15, 0.2) is 5.75 Å². The maximum absolute atomic E-state index is 12.9. The Hall–Kier alpha value is -2.24. The molecule has 1 saturated heterocycles. The molecular formula is C22H27ClN2O3. The molecule has 0 aliphatic carbocycles. The van der Waals surface area contributed by atoms with Crippen LogP contribution in [0.15, 0.2) is 36.4 Å². The number of benzene rings is 2. The highest BCUT2D eigenvalue weighted by Gasteiger charge is 2.27. The molecule has 0 atom stereocenters. The number of carbonyl (C=O) groups excluding carboxylic acids is 1. The van der Waals surface area contributed by atoms with E-state index < -0.39 is 0 Å². The average molecular weight is 403 g/mol. The lowest BCUT2D eigenvalue weighted by atomic mass is 10.0. The third-order valence-corrected chi connectivity index (χ3v) is 5.55. The monoisotopic (exact) mass is 402 g/mol. The van der Waals surface area contributed by atoms with Crippen molar-refractivity contribution in [3.8, 4) is 11.5 Å². The molecule has 28 heavy (non-hydrogen) atoms. The number of rotatable bonds is 6. The number of hydrogen-bond donors (Lipinski definition) is 2. The molecule has 2 N–H and O–H groups in total. The van der Waals surface area contributed by atoms with E-state index in [1.54, 1.807) is 6.07 Å². The van der Waals surface area contributed by atoms with E-state index >= 15 is 0 Å². The molecule has 2 aromatic carbocycles. The Bertz CT molecular complexity index is 818. The molecule has 0 aromatic heterocycles. The fourth-order valence-electron chi connectivity index (χ4n) is 3.72. The lowest BCUT2D eigenvalue weighted by Gasteiger charge is -2.32. The van der Waals surface area contributed by atoms with Crippen LogP contribution in [0.2, 0.25) is 5.02 Å². The van der Waals surface area contributed by atoms with Crippen molar-refractivity contribution < 1.29 is 14.6 Å². The summed E-state index contributed by atoms with van der Waals surface area (Å²) in [6, 6.07) is 12.1. The van der Waals surface area contributed by atoms with Crippen molar-refractivity contribution in [3.05, 3.63) is 58.1 Å². The molecule has 3 rings (SSSR count). The van der Waals surface area contributed by atoms with Gasteiger partial charge in [-0.3, -0.25) is 9.69 Å². The molecule has 6 heteroatoms. The van der Waals surface area contributed by atoms with E-state index in [1.165, 1.54) is 12.7 Å². The van der Waals surface area contributed by atoms with Crippen molar-refractivity contribution in [2.45, 2.75) is 38.8 Å². The third-order valence-electron chi connectivity index (χ3n) is 5.27. The smallest absolute Gasteiger partial charge is 0.259 e. The Morgan fingerprint density at radius 1 is 1.29 bits per heavy atom. The largest absolute Gasteiger partial charge is 0.505 e. The number of carbonyl (C=O) groups is 1. The number of phenolic OH excluding ortho intramolecular Hbond substituents is 1. The summed E-state index contributed by atoms with van der Waals surface area (Å²) in [6.07, 6.45) is 2.38. The Labute approximate surface area is 171 Å². The van der Waals surface area contributed by atoms with Crippen LogP contribution in [-0.2, 0) is 13.0 Å². The zero-order valence-corrected chi connectivity index (χ0v) is 17.1. The van der Waals surface area contributed by atoms with Crippen molar-refractivity contribution >= 4 is 17.5 Å². The van der Waals surface area contributed by atoms with Crippen LogP contribution in [0.5, 0.6) is 11.5 Å². The second-order valence-corrected chi connectivity index (χ2v) is 7.54. The Morgan fingerprint density at radius 2 is 1.96 bits per heavy atom. The number of piperidine rings is 1. The quantitative estimate of drug-likeness (QED) is 0.766. The number of ether oxygens (including phenoxy) is 1. The highest BCUT2D eigenvalue weighted by Crippen LogP contribution is 2.38. The predicted octanol–water partition coefficient (Wildman–Crippen LogP) is 4.01. The van der Waals surface area contributed by atoms with E-state index in [4.69, 9.17) is 16.3 Å². The molecule has 0 unspecified atom stereocenters. The van der Waals surface area contributed by atoms with E-state index in [1.807, 2.05) is 13.0 Å². The van der Waals surface area contributed by atoms with Gasteiger partial charge in [-0.2, -0.15) is 0 Å². The number of methoxy groups -OCH3 is 1. The number of nitrogens with one attached hydrogen (secondary N) is 1. The van der Waals surface area contributed by atoms with E-state index in [0.717, 1.165) is 38.0 Å². The van der Waals surface area contributed by atoms with Gasteiger partial charge in [0.05, 0.1) is 12.1 Å². The molecule has 0 spiro atoms. The molecule has 2 aromatic rings. The number of hydrogen-bond acceptors (Lipinski definition) is 4. The highest BCUT2D eigenvalue weighted by atomic mass is 35.5. The van der Waals surface area contributed by atoms with Crippen LogP contribution in [0.4, 0.5) is 0 Å². The fraction of sp³-hybridized carbons (Fsp3) is 0.409. The number of halogens is 1. The molecule has 5 nitrogen and oxygen atoms in total. The minimum absolute atomic E-state index is 0.0627. The number of likely N-dealkylation sites (tertiary alicyclic amines) is 1. The van der Waals surface area contributed by atoms with Crippen molar-refractivity contribution in [2.24, 2.45) is 0 Å². The molecule has 1 amide bonds. The van der Waals surface area contributed by atoms with Crippen LogP contribution in [0.25, 0.3) is 0 Å². The summed E-state index contributed by atoms with van der Waals surface area (Å²) in [4.78, 5) is 15.3. The normalized spacial score (nSPS) is 15.4. The fourth-order valence-corrected chi connectivity index (χ4v) is 3.94. The third kappa shape index (κ3) is 4.59. The Morgan fingerprint density at radius 3 is 2.57 bits per heavy atom. The van der Waals surface area contributed by atoms with Crippen molar-refractivity contribution in [3.63, 3.8) is 0 Å². The SMILES string of the molecule is CCc1cc(Cl)c(O)c(C(=O)NC2CCN(Cc3ccccc3)CC2)c1OC. The number of aryl methyl sites for hydroxylation is 1. The van der Waals surface area contributed by atoms with Crippen LogP contribution in [0.3, 0.4) is 0 Å². The lowest BCUT2D eigenvalue weighted by Crippen LogP contribution is -2.44. The Kier molecular flexibility index (Phi) is 6.81. The van der Waals surface area contributed by atoms with Crippen LogP contribution in [-0.4, -0.2) is 42.2 Å². The Balaban J connectivity index is 1.64. The van der Waals surface area contributed by atoms with Crippen molar-refractivity contribution in [1.29, 1.82) is 0 Å². The molecule has 0 bridgehead atoms. The van der Waals surface area contributed by atoms with Crippen LogP contribution >= 0.6 is 11.6 Å². The van der Waals surface area contributed by atoms with Crippen molar-refractivity contribution in [1.82, 2.24) is 10.2 Å². The standard InChI is InChI=1S/C22H27ClN2O3/c1-3-16-13-18(23)20(26)19(21(16)28-2)22(27)24-17-9-11-25(12-10-17)14-15-7-5-4-6-8-15/h4-8,13,17,26H,3,9-12,14H2,1-2H3,(H,24,27). The zero-order chi connectivity index (χ0) is 20.1. The van der Waals surface area contributed by atoms with Gasteiger partial charge in [0, 0.05) is 25.7 Å². The van der Waals surface area contributed by atoms with Gasteiger partial charge < -0.3 is 15.2 Å². The highest BCUT2D eigenvalue weighted by molar-refractivity contribution is 6.33. The van der Waals surface area contributed by atoms with Gasteiger partial charge >= 0.3 is 0 Å². The van der Waals surface area contributed by atoms with Crippen LogP contribution in [0.1, 0.15) is 41.3 Å². The molecule has 0 radical (unpaired) electrons. The first-order chi connectivity index (χ1) is 13.5. The zero-order valence-electron chi connectivity index (χ0n) is 16.4. The van der Waals surface area contributed by atoms with Crippen molar-refractivity contribution in [2.75, 3.05) is 20.2 Å². The van der Waals surface area contributed by atoms with Gasteiger partial charge in [-0.05, 0) is 36.5 Å². The summed E-state index contributed by atoms with van der Waals surface area (Å²) in [6.45, 7) is 4.71. The summed E-state index contributed by atoms with van der Waals surface area (Å²) in [7, 11) is 1.50. The van der Waals surface area contributed by atoms with E-state index in [-0.39, 0.29) is 28.3 Å². The minimum atomic E-state index is -0.340. The predicted molar refractivity (Wildman–Crippen MR) is 111 cm³/mol. The average Bonchev–Trinajstić information content (AvgIpc) is 2.71. The minimum Gasteiger partial charge on any atom is -0.505 e.